The second kappa shape index (κ2) is 5.15. The number of rotatable bonds is 3. The van der Waals surface area contributed by atoms with Gasteiger partial charge in [0.15, 0.2) is 0 Å². The van der Waals surface area contributed by atoms with Crippen molar-refractivity contribution in [1.29, 1.82) is 0 Å². The average Bonchev–Trinajstić information content (AvgIpc) is 2.33. The van der Waals surface area contributed by atoms with E-state index >= 15 is 0 Å². The van der Waals surface area contributed by atoms with Crippen molar-refractivity contribution >= 4 is 5.69 Å². The molecule has 0 radical (unpaired) electrons. The first-order chi connectivity index (χ1) is 8.15. The maximum Gasteiger partial charge on any atom is 0.130 e. The summed E-state index contributed by atoms with van der Waals surface area (Å²) >= 11 is 0. The molecule has 0 saturated heterocycles. The highest BCUT2D eigenvalue weighted by atomic mass is 15.1. The Balaban J connectivity index is 2.11. The monoisotopic (exact) mass is 226 g/mol. The lowest BCUT2D eigenvalue weighted by Gasteiger charge is -2.07. The van der Waals surface area contributed by atoms with Crippen molar-refractivity contribution in [1.82, 2.24) is 0 Å². The van der Waals surface area contributed by atoms with Gasteiger partial charge in [-0.25, -0.2) is 0 Å². The van der Waals surface area contributed by atoms with Gasteiger partial charge in [0.25, 0.3) is 0 Å². The van der Waals surface area contributed by atoms with Crippen molar-refractivity contribution in [2.75, 3.05) is 14.1 Å². The predicted molar refractivity (Wildman–Crippen MR) is 72.9 cm³/mol. The molecule has 1 N–H and O–H groups in total. The molecule has 0 unspecified atom stereocenters. The van der Waals surface area contributed by atoms with Gasteiger partial charge >= 0.3 is 0 Å². The molecule has 0 saturated carbocycles. The number of aryl methyl sites for hydroxylation is 1. The Morgan fingerprint density at radius 2 is 1.24 bits per heavy atom. The number of hydrogen-bond acceptors (Lipinski definition) is 0. The van der Waals surface area contributed by atoms with Gasteiger partial charge in [0.2, 0.25) is 0 Å². The Labute approximate surface area is 104 Å². The summed E-state index contributed by atoms with van der Waals surface area (Å²) < 4.78 is 0. The molecule has 1 nitrogen and oxygen atoms in total. The quantitative estimate of drug-likeness (QED) is 0.819. The zero-order valence-electron chi connectivity index (χ0n) is 10.8. The van der Waals surface area contributed by atoms with Crippen molar-refractivity contribution in [2.45, 2.75) is 13.3 Å². The van der Waals surface area contributed by atoms with Gasteiger partial charge in [-0.15, -0.1) is 0 Å². The third kappa shape index (κ3) is 3.18. The highest BCUT2D eigenvalue weighted by Crippen LogP contribution is 2.12. The third-order valence-corrected chi connectivity index (χ3v) is 3.06. The van der Waals surface area contributed by atoms with E-state index in [9.17, 15) is 0 Å². The summed E-state index contributed by atoms with van der Waals surface area (Å²) in [4.78, 5) is 1.37. The normalized spacial score (nSPS) is 10.8. The maximum absolute atomic E-state index is 2.22. The first-order valence-electron chi connectivity index (χ1n) is 6.10. The van der Waals surface area contributed by atoms with Crippen LogP contribution in [0.3, 0.4) is 0 Å². The lowest BCUT2D eigenvalue weighted by atomic mass is 10.0. The van der Waals surface area contributed by atoms with Crippen LogP contribution in [0.5, 0.6) is 0 Å². The molecule has 0 heterocycles. The fourth-order valence-corrected chi connectivity index (χ4v) is 1.90. The SMILES string of the molecule is Cc1ccc(Cc2ccc([NH+](C)C)cc2)cc1. The molecule has 0 atom stereocenters. The fraction of sp³-hybridized carbons (Fsp3) is 0.250. The molecule has 2 rings (SSSR count). The minimum absolute atomic E-state index is 1.02. The maximum atomic E-state index is 2.22. The Hall–Kier alpha value is -1.60. The standard InChI is InChI=1S/C16H19N/c1-13-4-6-14(7-5-13)12-15-8-10-16(11-9-15)17(2)3/h4-11H,12H2,1-3H3/p+1. The highest BCUT2D eigenvalue weighted by molar-refractivity contribution is 5.35. The summed E-state index contributed by atoms with van der Waals surface area (Å²) in [5.74, 6) is 0. The van der Waals surface area contributed by atoms with Gasteiger partial charge in [-0.05, 0) is 36.6 Å². The van der Waals surface area contributed by atoms with Gasteiger partial charge in [-0.3, -0.25) is 0 Å². The molecular formula is C16H20N+. The van der Waals surface area contributed by atoms with Crippen molar-refractivity contribution in [3.8, 4) is 0 Å². The Morgan fingerprint density at radius 1 is 0.765 bits per heavy atom. The van der Waals surface area contributed by atoms with Crippen LogP contribution < -0.4 is 4.90 Å². The molecular weight excluding hydrogens is 206 g/mol. The molecule has 2 aromatic rings. The van der Waals surface area contributed by atoms with Gasteiger partial charge in [-0.2, -0.15) is 0 Å². The molecule has 0 amide bonds. The summed E-state index contributed by atoms with van der Waals surface area (Å²) in [5, 5.41) is 0. The highest BCUT2D eigenvalue weighted by Gasteiger charge is 2.01. The number of hydrogen-bond donors (Lipinski definition) is 1. The van der Waals surface area contributed by atoms with Crippen molar-refractivity contribution in [3.63, 3.8) is 0 Å². The van der Waals surface area contributed by atoms with Gasteiger partial charge in [0.1, 0.15) is 5.69 Å². The molecule has 1 heteroatoms. The van der Waals surface area contributed by atoms with Crippen LogP contribution in [-0.2, 0) is 6.42 Å². The first kappa shape index (κ1) is 11.9. The molecule has 2 aromatic carbocycles. The van der Waals surface area contributed by atoms with Crippen LogP contribution in [-0.4, -0.2) is 14.1 Å². The van der Waals surface area contributed by atoms with Crippen LogP contribution in [0.25, 0.3) is 0 Å². The molecule has 0 fully saturated rings. The number of benzene rings is 2. The summed E-state index contributed by atoms with van der Waals surface area (Å²) in [5.41, 5.74) is 5.40. The zero-order chi connectivity index (χ0) is 12.3. The molecule has 0 bridgehead atoms. The molecule has 17 heavy (non-hydrogen) atoms. The lowest BCUT2D eigenvalue weighted by Crippen LogP contribution is -3.00. The zero-order valence-corrected chi connectivity index (χ0v) is 10.8. The van der Waals surface area contributed by atoms with E-state index in [-0.39, 0.29) is 0 Å². The van der Waals surface area contributed by atoms with E-state index < -0.39 is 0 Å². The third-order valence-electron chi connectivity index (χ3n) is 3.06. The summed E-state index contributed by atoms with van der Waals surface area (Å²) in [6, 6.07) is 17.6. The minimum Gasteiger partial charge on any atom is -0.307 e. The Kier molecular flexibility index (Phi) is 3.60. The van der Waals surface area contributed by atoms with E-state index in [0.717, 1.165) is 6.42 Å². The molecule has 0 aromatic heterocycles. The molecule has 88 valence electrons. The van der Waals surface area contributed by atoms with Gasteiger partial charge < -0.3 is 4.90 Å². The summed E-state index contributed by atoms with van der Waals surface area (Å²) in [7, 11) is 4.30. The Bertz CT molecular complexity index is 466. The lowest BCUT2D eigenvalue weighted by molar-refractivity contribution is -0.786. The molecule has 0 aliphatic carbocycles. The van der Waals surface area contributed by atoms with E-state index in [1.165, 1.54) is 27.3 Å². The van der Waals surface area contributed by atoms with Gasteiger partial charge in [-0.1, -0.05) is 42.0 Å². The molecule has 0 aliphatic heterocycles. The van der Waals surface area contributed by atoms with Crippen LogP contribution in [0.4, 0.5) is 5.69 Å². The van der Waals surface area contributed by atoms with Crippen LogP contribution in [0.2, 0.25) is 0 Å². The first-order valence-corrected chi connectivity index (χ1v) is 6.10. The largest absolute Gasteiger partial charge is 0.307 e. The average molecular weight is 226 g/mol. The molecule has 0 aliphatic rings. The number of quaternary nitrogens is 1. The van der Waals surface area contributed by atoms with Crippen molar-refractivity contribution in [3.05, 3.63) is 65.2 Å². The predicted octanol–water partition coefficient (Wildman–Crippen LogP) is 2.36. The van der Waals surface area contributed by atoms with Crippen LogP contribution in [0.1, 0.15) is 16.7 Å². The van der Waals surface area contributed by atoms with Gasteiger partial charge in [0.05, 0.1) is 14.1 Å². The second-order valence-electron chi connectivity index (χ2n) is 4.86. The smallest absolute Gasteiger partial charge is 0.130 e. The van der Waals surface area contributed by atoms with Crippen LogP contribution >= 0.6 is 0 Å². The van der Waals surface area contributed by atoms with Crippen LogP contribution in [0, 0.1) is 6.92 Å². The van der Waals surface area contributed by atoms with Crippen LogP contribution in [0.15, 0.2) is 48.5 Å². The number of nitrogens with one attached hydrogen (secondary N) is 1. The van der Waals surface area contributed by atoms with E-state index in [1.54, 1.807) is 0 Å². The fourth-order valence-electron chi connectivity index (χ4n) is 1.90. The Morgan fingerprint density at radius 3 is 1.71 bits per heavy atom. The molecule has 0 spiro atoms. The van der Waals surface area contributed by atoms with E-state index in [1.807, 2.05) is 0 Å². The van der Waals surface area contributed by atoms with Crippen molar-refractivity contribution < 1.29 is 4.90 Å². The second-order valence-corrected chi connectivity index (χ2v) is 4.86. The minimum atomic E-state index is 1.02. The van der Waals surface area contributed by atoms with E-state index in [2.05, 4.69) is 69.6 Å². The van der Waals surface area contributed by atoms with E-state index in [4.69, 9.17) is 0 Å². The topological polar surface area (TPSA) is 4.44 Å². The van der Waals surface area contributed by atoms with Gasteiger partial charge in [0, 0.05) is 0 Å². The summed E-state index contributed by atoms with van der Waals surface area (Å²) in [6.07, 6.45) is 1.02. The summed E-state index contributed by atoms with van der Waals surface area (Å²) in [6.45, 7) is 2.12. The van der Waals surface area contributed by atoms with E-state index in [0.29, 0.717) is 0 Å². The van der Waals surface area contributed by atoms with Crippen molar-refractivity contribution in [2.24, 2.45) is 0 Å².